The van der Waals surface area contributed by atoms with Crippen molar-refractivity contribution >= 4 is 16.3 Å². The highest BCUT2D eigenvalue weighted by molar-refractivity contribution is 7.15. The fourth-order valence-corrected chi connectivity index (χ4v) is 3.32. The Morgan fingerprint density at radius 3 is 2.79 bits per heavy atom. The van der Waals surface area contributed by atoms with Crippen molar-refractivity contribution in [3.05, 3.63) is 69.1 Å². The van der Waals surface area contributed by atoms with E-state index in [9.17, 15) is 4.79 Å². The molecule has 0 aliphatic rings. The van der Waals surface area contributed by atoms with E-state index in [1.807, 2.05) is 5.38 Å². The quantitative estimate of drug-likeness (QED) is 0.662. The van der Waals surface area contributed by atoms with Crippen molar-refractivity contribution in [2.75, 3.05) is 20.3 Å². The average Bonchev–Trinajstić information content (AvgIpc) is 3.04. The van der Waals surface area contributed by atoms with Crippen LogP contribution in [0.1, 0.15) is 16.8 Å². The van der Waals surface area contributed by atoms with Gasteiger partial charge in [-0.05, 0) is 12.5 Å². The van der Waals surface area contributed by atoms with Gasteiger partial charge in [0.1, 0.15) is 0 Å². The zero-order chi connectivity index (χ0) is 16.9. The standard InChI is InChI=1S/C18H21N3O2S/c1-14-3-5-15(6-4-14)12-20(7-9-23-2)13-16-11-17(22)21-8-10-24-18(21)19-16/h3-6,8,10-11H,7,9,12-13H2,1-2H3. The van der Waals surface area contributed by atoms with E-state index >= 15 is 0 Å². The smallest absolute Gasteiger partial charge is 0.258 e. The summed E-state index contributed by atoms with van der Waals surface area (Å²) >= 11 is 1.47. The summed E-state index contributed by atoms with van der Waals surface area (Å²) in [6.07, 6.45) is 1.76. The SMILES string of the molecule is COCCN(Cc1ccc(C)cc1)Cc1cc(=O)n2ccsc2n1. The molecule has 2 heterocycles. The first kappa shape index (κ1) is 16.8. The topological polar surface area (TPSA) is 46.8 Å². The van der Waals surface area contributed by atoms with E-state index in [0.717, 1.165) is 23.7 Å². The molecule has 5 nitrogen and oxygen atoms in total. The van der Waals surface area contributed by atoms with Gasteiger partial charge >= 0.3 is 0 Å². The fourth-order valence-electron chi connectivity index (χ4n) is 2.58. The van der Waals surface area contributed by atoms with Crippen molar-refractivity contribution < 1.29 is 4.74 Å². The Morgan fingerprint density at radius 1 is 1.25 bits per heavy atom. The number of methoxy groups -OCH3 is 1. The second-order valence-electron chi connectivity index (χ2n) is 5.83. The highest BCUT2D eigenvalue weighted by Gasteiger charge is 2.10. The number of benzene rings is 1. The van der Waals surface area contributed by atoms with Crippen molar-refractivity contribution in [2.45, 2.75) is 20.0 Å². The lowest BCUT2D eigenvalue weighted by atomic mass is 10.1. The normalized spacial score (nSPS) is 11.5. The summed E-state index contributed by atoms with van der Waals surface area (Å²) in [5.41, 5.74) is 3.26. The van der Waals surface area contributed by atoms with E-state index in [0.29, 0.717) is 13.2 Å². The molecule has 0 aliphatic heterocycles. The van der Waals surface area contributed by atoms with Crippen LogP contribution >= 0.6 is 11.3 Å². The van der Waals surface area contributed by atoms with E-state index in [2.05, 4.69) is 41.1 Å². The van der Waals surface area contributed by atoms with Crippen LogP contribution in [-0.2, 0) is 17.8 Å². The summed E-state index contributed by atoms with van der Waals surface area (Å²) in [6, 6.07) is 10.1. The molecule has 0 saturated carbocycles. The molecule has 3 rings (SSSR count). The molecule has 1 aromatic carbocycles. The maximum Gasteiger partial charge on any atom is 0.258 e. The molecule has 0 aliphatic carbocycles. The molecule has 24 heavy (non-hydrogen) atoms. The fraction of sp³-hybridized carbons (Fsp3) is 0.333. The van der Waals surface area contributed by atoms with Crippen molar-refractivity contribution in [3.8, 4) is 0 Å². The summed E-state index contributed by atoms with van der Waals surface area (Å²) in [5.74, 6) is 0. The first-order valence-corrected chi connectivity index (χ1v) is 8.76. The van der Waals surface area contributed by atoms with Crippen LogP contribution in [0.15, 0.2) is 46.7 Å². The predicted octanol–water partition coefficient (Wildman–Crippen LogP) is 2.71. The molecule has 0 bridgehead atoms. The monoisotopic (exact) mass is 343 g/mol. The van der Waals surface area contributed by atoms with Gasteiger partial charge < -0.3 is 4.74 Å². The van der Waals surface area contributed by atoms with Gasteiger partial charge in [-0.3, -0.25) is 14.1 Å². The maximum absolute atomic E-state index is 12.1. The Bertz CT molecular complexity index is 855. The zero-order valence-electron chi connectivity index (χ0n) is 13.9. The minimum Gasteiger partial charge on any atom is -0.383 e. The minimum absolute atomic E-state index is 0.0294. The van der Waals surface area contributed by atoms with Gasteiger partial charge in [-0.1, -0.05) is 29.8 Å². The molecule has 0 unspecified atom stereocenters. The summed E-state index contributed by atoms with van der Waals surface area (Å²) in [7, 11) is 1.70. The largest absolute Gasteiger partial charge is 0.383 e. The van der Waals surface area contributed by atoms with Gasteiger partial charge in [0.2, 0.25) is 0 Å². The van der Waals surface area contributed by atoms with E-state index in [4.69, 9.17) is 4.74 Å². The van der Waals surface area contributed by atoms with Crippen LogP contribution in [0, 0.1) is 6.92 Å². The number of rotatable bonds is 7. The van der Waals surface area contributed by atoms with Gasteiger partial charge in [0, 0.05) is 44.4 Å². The third kappa shape index (κ3) is 4.08. The van der Waals surface area contributed by atoms with Crippen LogP contribution in [0.3, 0.4) is 0 Å². The first-order valence-electron chi connectivity index (χ1n) is 7.88. The van der Waals surface area contributed by atoms with Gasteiger partial charge in [0.25, 0.3) is 5.56 Å². The molecule has 3 aromatic rings. The van der Waals surface area contributed by atoms with Crippen LogP contribution in [0.5, 0.6) is 0 Å². The molecule has 0 amide bonds. The Balaban J connectivity index is 1.79. The molecule has 0 fully saturated rings. The Kier molecular flexibility index (Phi) is 5.40. The molecule has 0 atom stereocenters. The summed E-state index contributed by atoms with van der Waals surface area (Å²) in [5, 5.41) is 1.88. The van der Waals surface area contributed by atoms with Crippen LogP contribution < -0.4 is 5.56 Å². The number of aromatic nitrogens is 2. The molecule has 2 aromatic heterocycles. The first-order chi connectivity index (χ1) is 11.7. The Labute approximate surface area is 145 Å². The Morgan fingerprint density at radius 2 is 2.04 bits per heavy atom. The molecule has 0 N–H and O–H groups in total. The maximum atomic E-state index is 12.1. The van der Waals surface area contributed by atoms with Gasteiger partial charge in [-0.15, -0.1) is 11.3 Å². The molecule has 0 radical (unpaired) electrons. The number of fused-ring (bicyclic) bond motifs is 1. The second kappa shape index (κ2) is 7.70. The molecule has 126 valence electrons. The van der Waals surface area contributed by atoms with Gasteiger partial charge in [0.15, 0.2) is 4.96 Å². The highest BCUT2D eigenvalue weighted by Crippen LogP contribution is 2.11. The van der Waals surface area contributed by atoms with Crippen LogP contribution in [0.4, 0.5) is 0 Å². The van der Waals surface area contributed by atoms with Crippen molar-refractivity contribution in [3.63, 3.8) is 0 Å². The number of hydrogen-bond acceptors (Lipinski definition) is 5. The molecular formula is C18H21N3O2S. The lowest BCUT2D eigenvalue weighted by Crippen LogP contribution is -2.28. The lowest BCUT2D eigenvalue weighted by Gasteiger charge is -2.21. The van der Waals surface area contributed by atoms with E-state index < -0.39 is 0 Å². The predicted molar refractivity (Wildman–Crippen MR) is 96.5 cm³/mol. The van der Waals surface area contributed by atoms with Gasteiger partial charge in [-0.2, -0.15) is 0 Å². The summed E-state index contributed by atoms with van der Waals surface area (Å²) < 4.78 is 6.80. The number of hydrogen-bond donors (Lipinski definition) is 0. The third-order valence-electron chi connectivity index (χ3n) is 3.88. The minimum atomic E-state index is -0.0294. The lowest BCUT2D eigenvalue weighted by molar-refractivity contribution is 0.139. The zero-order valence-corrected chi connectivity index (χ0v) is 14.8. The molecular weight excluding hydrogens is 322 g/mol. The van der Waals surface area contributed by atoms with E-state index in [1.54, 1.807) is 23.8 Å². The average molecular weight is 343 g/mol. The van der Waals surface area contributed by atoms with Crippen molar-refractivity contribution in [1.82, 2.24) is 14.3 Å². The van der Waals surface area contributed by atoms with E-state index in [1.165, 1.54) is 22.5 Å². The number of aryl methyl sites for hydroxylation is 1. The van der Waals surface area contributed by atoms with Crippen molar-refractivity contribution in [1.29, 1.82) is 0 Å². The summed E-state index contributed by atoms with van der Waals surface area (Å²) in [6.45, 7) is 4.94. The molecule has 6 heteroatoms. The Hall–Kier alpha value is -2.02. The number of ether oxygens (including phenoxy) is 1. The summed E-state index contributed by atoms with van der Waals surface area (Å²) in [4.78, 5) is 19.7. The third-order valence-corrected chi connectivity index (χ3v) is 4.64. The van der Waals surface area contributed by atoms with Crippen LogP contribution in [0.2, 0.25) is 0 Å². The van der Waals surface area contributed by atoms with Gasteiger partial charge in [-0.25, -0.2) is 4.98 Å². The highest BCUT2D eigenvalue weighted by atomic mass is 32.1. The molecule has 0 spiro atoms. The number of thiazole rings is 1. The van der Waals surface area contributed by atoms with Crippen LogP contribution in [0.25, 0.3) is 4.96 Å². The second-order valence-corrected chi connectivity index (χ2v) is 6.70. The molecule has 0 saturated heterocycles. The van der Waals surface area contributed by atoms with E-state index in [-0.39, 0.29) is 5.56 Å². The van der Waals surface area contributed by atoms with Gasteiger partial charge in [0.05, 0.1) is 12.3 Å². The van der Waals surface area contributed by atoms with Crippen molar-refractivity contribution in [2.24, 2.45) is 0 Å². The number of nitrogens with zero attached hydrogens (tertiary/aromatic N) is 3. The van der Waals surface area contributed by atoms with Crippen LogP contribution in [-0.4, -0.2) is 34.5 Å².